The number of anilines is 1. The van der Waals surface area contributed by atoms with Crippen molar-refractivity contribution in [3.63, 3.8) is 0 Å². The summed E-state index contributed by atoms with van der Waals surface area (Å²) in [6, 6.07) is 18.2. The van der Waals surface area contributed by atoms with Crippen LogP contribution in [0.1, 0.15) is 52.2 Å². The quantitative estimate of drug-likeness (QED) is 0.493. The van der Waals surface area contributed by atoms with E-state index in [0.29, 0.717) is 16.3 Å². The number of nitrogens with one attached hydrogen (secondary N) is 1. The lowest BCUT2D eigenvalue weighted by atomic mass is 9.78. The third-order valence-electron chi connectivity index (χ3n) is 6.01. The van der Waals surface area contributed by atoms with Gasteiger partial charge in [0.1, 0.15) is 10.8 Å². The smallest absolute Gasteiger partial charge is 0.341 e. The first-order valence-electron chi connectivity index (χ1n) is 10.7. The zero-order valence-electron chi connectivity index (χ0n) is 18.6. The van der Waals surface area contributed by atoms with E-state index < -0.39 is 5.97 Å². The lowest BCUT2D eigenvalue weighted by Crippen LogP contribution is -2.21. The van der Waals surface area contributed by atoms with Gasteiger partial charge in [-0.1, -0.05) is 56.3 Å². The normalized spacial score (nSPS) is 12.8. The Kier molecular flexibility index (Phi) is 6.33. The van der Waals surface area contributed by atoms with E-state index in [4.69, 9.17) is 9.47 Å². The van der Waals surface area contributed by atoms with Crippen molar-refractivity contribution in [2.75, 3.05) is 19.0 Å². The monoisotopic (exact) mass is 449 g/mol. The maximum Gasteiger partial charge on any atom is 0.341 e. The Morgan fingerprint density at radius 3 is 2.38 bits per heavy atom. The first-order chi connectivity index (χ1) is 15.4. The molecule has 1 aromatic heterocycles. The second-order valence-electron chi connectivity index (χ2n) is 8.41. The average molecular weight is 450 g/mol. The van der Waals surface area contributed by atoms with Crippen LogP contribution in [0, 0.1) is 0 Å². The van der Waals surface area contributed by atoms with Crippen molar-refractivity contribution in [1.82, 2.24) is 0 Å². The van der Waals surface area contributed by atoms with Crippen LogP contribution in [0.25, 0.3) is 0 Å². The van der Waals surface area contributed by atoms with Gasteiger partial charge >= 0.3 is 5.97 Å². The summed E-state index contributed by atoms with van der Waals surface area (Å²) in [7, 11) is 1.36. The lowest BCUT2D eigenvalue weighted by Gasteiger charge is -2.26. The summed E-state index contributed by atoms with van der Waals surface area (Å²) < 4.78 is 10.6. The van der Waals surface area contributed by atoms with Crippen molar-refractivity contribution in [3.8, 4) is 5.75 Å². The predicted molar refractivity (Wildman–Crippen MR) is 127 cm³/mol. The largest absolute Gasteiger partial charge is 0.484 e. The number of aryl methyl sites for hydroxylation is 1. The summed E-state index contributed by atoms with van der Waals surface area (Å²) in [6.07, 6.45) is 2.80. The molecular formula is C26H27NO4S. The number of thiophene rings is 1. The molecule has 0 bridgehead atoms. The maximum absolute atomic E-state index is 12.5. The molecule has 0 radical (unpaired) electrons. The molecule has 1 amide bonds. The Morgan fingerprint density at radius 1 is 1.00 bits per heavy atom. The highest BCUT2D eigenvalue weighted by molar-refractivity contribution is 7.17. The van der Waals surface area contributed by atoms with Crippen molar-refractivity contribution in [2.24, 2.45) is 0 Å². The van der Waals surface area contributed by atoms with Crippen molar-refractivity contribution in [2.45, 2.75) is 38.5 Å². The van der Waals surface area contributed by atoms with Crippen LogP contribution in [0.2, 0.25) is 0 Å². The molecule has 6 heteroatoms. The second-order valence-corrected chi connectivity index (χ2v) is 9.51. The van der Waals surface area contributed by atoms with Crippen LogP contribution in [0.15, 0.2) is 54.6 Å². The Morgan fingerprint density at radius 2 is 1.69 bits per heavy atom. The molecule has 0 aliphatic heterocycles. The number of fused-ring (bicyclic) bond motifs is 1. The average Bonchev–Trinajstić information content (AvgIpc) is 3.39. The van der Waals surface area contributed by atoms with E-state index in [0.717, 1.165) is 35.3 Å². The number of amides is 1. The SMILES string of the molecule is COC(=O)c1c(NC(=O)COc2ccc(C(C)(C)c3ccccc3)cc2)sc2c1CCC2. The molecule has 1 aliphatic carbocycles. The molecule has 166 valence electrons. The number of hydrogen-bond donors (Lipinski definition) is 1. The summed E-state index contributed by atoms with van der Waals surface area (Å²) in [5.41, 5.74) is 3.76. The minimum Gasteiger partial charge on any atom is -0.484 e. The van der Waals surface area contributed by atoms with Gasteiger partial charge in [0.15, 0.2) is 6.61 Å². The first-order valence-corrected chi connectivity index (χ1v) is 11.5. The fourth-order valence-electron chi connectivity index (χ4n) is 4.11. The van der Waals surface area contributed by atoms with E-state index >= 15 is 0 Å². The minimum absolute atomic E-state index is 0.134. The predicted octanol–water partition coefficient (Wildman–Crippen LogP) is 5.37. The van der Waals surface area contributed by atoms with Gasteiger partial charge in [-0.15, -0.1) is 11.3 Å². The molecular weight excluding hydrogens is 422 g/mol. The summed E-state index contributed by atoms with van der Waals surface area (Å²) in [5, 5.41) is 3.39. The summed E-state index contributed by atoms with van der Waals surface area (Å²) >= 11 is 1.46. The number of carbonyl (C=O) groups excluding carboxylic acids is 2. The van der Waals surface area contributed by atoms with Crippen LogP contribution in [-0.2, 0) is 27.8 Å². The van der Waals surface area contributed by atoms with Gasteiger partial charge in [0, 0.05) is 10.3 Å². The van der Waals surface area contributed by atoms with Crippen LogP contribution >= 0.6 is 11.3 Å². The van der Waals surface area contributed by atoms with Gasteiger partial charge in [-0.3, -0.25) is 4.79 Å². The van der Waals surface area contributed by atoms with E-state index in [1.807, 2.05) is 42.5 Å². The van der Waals surface area contributed by atoms with Gasteiger partial charge in [-0.05, 0) is 48.1 Å². The Bertz CT molecular complexity index is 1120. The number of benzene rings is 2. The van der Waals surface area contributed by atoms with Crippen LogP contribution < -0.4 is 10.1 Å². The van der Waals surface area contributed by atoms with Crippen LogP contribution in [0.3, 0.4) is 0 Å². The van der Waals surface area contributed by atoms with Crippen molar-refractivity contribution < 1.29 is 19.1 Å². The Hall–Kier alpha value is -3.12. The number of ether oxygens (including phenoxy) is 2. The van der Waals surface area contributed by atoms with Gasteiger partial charge in [0.25, 0.3) is 5.91 Å². The molecule has 1 heterocycles. The van der Waals surface area contributed by atoms with E-state index in [2.05, 4.69) is 31.3 Å². The topological polar surface area (TPSA) is 64.6 Å². The van der Waals surface area contributed by atoms with Gasteiger partial charge in [0.05, 0.1) is 12.7 Å². The molecule has 1 N–H and O–H groups in total. The van der Waals surface area contributed by atoms with Gasteiger partial charge in [0.2, 0.25) is 0 Å². The molecule has 5 nitrogen and oxygen atoms in total. The molecule has 0 saturated heterocycles. The highest BCUT2D eigenvalue weighted by Crippen LogP contribution is 2.39. The Labute approximate surface area is 192 Å². The minimum atomic E-state index is -0.405. The van der Waals surface area contributed by atoms with Crippen LogP contribution in [0.4, 0.5) is 5.00 Å². The van der Waals surface area contributed by atoms with E-state index in [9.17, 15) is 9.59 Å². The van der Waals surface area contributed by atoms with Gasteiger partial charge < -0.3 is 14.8 Å². The fraction of sp³-hybridized carbons (Fsp3) is 0.308. The van der Waals surface area contributed by atoms with Crippen LogP contribution in [0.5, 0.6) is 5.75 Å². The molecule has 0 saturated carbocycles. The van der Waals surface area contributed by atoms with Crippen molar-refractivity contribution >= 4 is 28.2 Å². The summed E-state index contributed by atoms with van der Waals surface area (Å²) in [6.45, 7) is 4.23. The summed E-state index contributed by atoms with van der Waals surface area (Å²) in [5.74, 6) is -0.0874. The third-order valence-corrected chi connectivity index (χ3v) is 7.21. The molecule has 0 fully saturated rings. The van der Waals surface area contributed by atoms with Crippen molar-refractivity contribution in [3.05, 3.63) is 81.7 Å². The molecule has 0 unspecified atom stereocenters. The number of hydrogen-bond acceptors (Lipinski definition) is 5. The fourth-order valence-corrected chi connectivity index (χ4v) is 5.40. The second kappa shape index (κ2) is 9.17. The van der Waals surface area contributed by atoms with Gasteiger partial charge in [-0.2, -0.15) is 0 Å². The zero-order valence-corrected chi connectivity index (χ0v) is 19.4. The number of rotatable bonds is 7. The van der Waals surface area contributed by atoms with E-state index in [-0.39, 0.29) is 17.9 Å². The first kappa shape index (κ1) is 22.1. The summed E-state index contributed by atoms with van der Waals surface area (Å²) in [4.78, 5) is 25.9. The number of methoxy groups -OCH3 is 1. The zero-order chi connectivity index (χ0) is 22.7. The van der Waals surface area contributed by atoms with E-state index in [1.165, 1.54) is 24.0 Å². The van der Waals surface area contributed by atoms with Crippen molar-refractivity contribution in [1.29, 1.82) is 0 Å². The van der Waals surface area contributed by atoms with Gasteiger partial charge in [-0.25, -0.2) is 4.79 Å². The highest BCUT2D eigenvalue weighted by atomic mass is 32.1. The molecule has 3 aromatic rings. The molecule has 1 aliphatic rings. The standard InChI is InChI=1S/C26H27NO4S/c1-26(2,17-8-5-4-6-9-17)18-12-14-19(15-13-18)31-16-22(28)27-24-23(25(29)30-3)20-10-7-11-21(20)32-24/h4-6,8-9,12-15H,7,10-11,16H2,1-3H3,(H,27,28). The maximum atomic E-state index is 12.5. The lowest BCUT2D eigenvalue weighted by molar-refractivity contribution is -0.118. The molecule has 32 heavy (non-hydrogen) atoms. The number of esters is 1. The molecule has 2 aromatic carbocycles. The number of carbonyl (C=O) groups is 2. The highest BCUT2D eigenvalue weighted by Gasteiger charge is 2.28. The van der Waals surface area contributed by atoms with Crippen LogP contribution in [-0.4, -0.2) is 25.6 Å². The van der Waals surface area contributed by atoms with E-state index in [1.54, 1.807) is 0 Å². The molecule has 0 spiro atoms. The molecule has 4 rings (SSSR count). The molecule has 0 atom stereocenters. The third kappa shape index (κ3) is 4.41. The Balaban J connectivity index is 1.40.